The highest BCUT2D eigenvalue weighted by atomic mass is 16.2. The van der Waals surface area contributed by atoms with Crippen molar-refractivity contribution in [3.63, 3.8) is 0 Å². The van der Waals surface area contributed by atoms with Crippen LogP contribution in [0.25, 0.3) is 0 Å². The number of hydrogen-bond donors (Lipinski definition) is 2. The molecule has 0 rings (SSSR count). The van der Waals surface area contributed by atoms with E-state index in [-0.39, 0.29) is 29.8 Å². The molecule has 2 amide bonds. The SMILES string of the molecule is CC(C)[C@](C)(C#N)NC(=O)[C@@H](C)N(C)CC(=O)NC(C)(C)C. The Morgan fingerprint density at radius 3 is 2.00 bits per heavy atom. The maximum Gasteiger partial charge on any atom is 0.238 e. The Hall–Kier alpha value is -1.61. The summed E-state index contributed by atoms with van der Waals surface area (Å²) >= 11 is 0. The molecule has 0 aliphatic carbocycles. The van der Waals surface area contributed by atoms with E-state index >= 15 is 0 Å². The van der Waals surface area contributed by atoms with Gasteiger partial charge in [-0.1, -0.05) is 13.8 Å². The summed E-state index contributed by atoms with van der Waals surface area (Å²) in [4.78, 5) is 25.9. The van der Waals surface area contributed by atoms with Gasteiger partial charge in [0.15, 0.2) is 0 Å². The summed E-state index contributed by atoms with van der Waals surface area (Å²) in [5.41, 5.74) is -1.22. The van der Waals surface area contributed by atoms with E-state index in [0.717, 1.165) is 0 Å². The van der Waals surface area contributed by atoms with Crippen LogP contribution in [0.1, 0.15) is 48.5 Å². The van der Waals surface area contributed by atoms with Crippen LogP contribution in [0, 0.1) is 17.2 Å². The van der Waals surface area contributed by atoms with Gasteiger partial charge in [-0.05, 0) is 47.6 Å². The number of nitrogens with one attached hydrogen (secondary N) is 2. The number of carbonyl (C=O) groups is 2. The highest BCUT2D eigenvalue weighted by molar-refractivity contribution is 5.84. The maximum atomic E-state index is 12.3. The van der Waals surface area contributed by atoms with Crippen LogP contribution in [-0.2, 0) is 9.59 Å². The molecule has 6 heteroatoms. The van der Waals surface area contributed by atoms with E-state index in [1.165, 1.54) is 0 Å². The first-order chi connectivity index (χ1) is 9.82. The zero-order valence-electron chi connectivity index (χ0n) is 15.1. The second-order valence-corrected chi connectivity index (χ2v) is 7.35. The summed E-state index contributed by atoms with van der Waals surface area (Å²) in [6.45, 7) is 13.0. The second kappa shape index (κ2) is 7.59. The summed E-state index contributed by atoms with van der Waals surface area (Å²) in [6, 6.07) is 1.64. The van der Waals surface area contributed by atoms with Crippen LogP contribution in [0.15, 0.2) is 0 Å². The molecular formula is C16H30N4O2. The minimum atomic E-state index is -0.917. The Labute approximate surface area is 134 Å². The van der Waals surface area contributed by atoms with Crippen molar-refractivity contribution >= 4 is 11.8 Å². The van der Waals surface area contributed by atoms with E-state index < -0.39 is 11.6 Å². The molecule has 22 heavy (non-hydrogen) atoms. The average molecular weight is 310 g/mol. The molecule has 0 unspecified atom stereocenters. The van der Waals surface area contributed by atoms with Gasteiger partial charge in [0.05, 0.1) is 18.7 Å². The van der Waals surface area contributed by atoms with E-state index in [1.54, 1.807) is 25.8 Å². The Balaban J connectivity index is 4.70. The smallest absolute Gasteiger partial charge is 0.238 e. The first-order valence-electron chi connectivity index (χ1n) is 7.57. The van der Waals surface area contributed by atoms with Crippen molar-refractivity contribution in [1.82, 2.24) is 15.5 Å². The third-order valence-electron chi connectivity index (χ3n) is 3.72. The molecule has 126 valence electrons. The van der Waals surface area contributed by atoms with Gasteiger partial charge in [-0.2, -0.15) is 5.26 Å². The van der Waals surface area contributed by atoms with E-state index in [2.05, 4.69) is 16.7 Å². The molecule has 0 aromatic heterocycles. The number of carbonyl (C=O) groups excluding carboxylic acids is 2. The summed E-state index contributed by atoms with van der Waals surface area (Å²) in [7, 11) is 1.71. The largest absolute Gasteiger partial charge is 0.350 e. The first-order valence-corrected chi connectivity index (χ1v) is 7.57. The summed E-state index contributed by atoms with van der Waals surface area (Å²) in [6.07, 6.45) is 0. The van der Waals surface area contributed by atoms with Gasteiger partial charge in [-0.3, -0.25) is 14.5 Å². The zero-order valence-corrected chi connectivity index (χ0v) is 15.1. The summed E-state index contributed by atoms with van der Waals surface area (Å²) in [5, 5.41) is 14.9. The molecule has 0 saturated heterocycles. The molecule has 0 fully saturated rings. The monoisotopic (exact) mass is 310 g/mol. The topological polar surface area (TPSA) is 85.2 Å². The van der Waals surface area contributed by atoms with E-state index in [1.807, 2.05) is 34.6 Å². The predicted molar refractivity (Wildman–Crippen MR) is 87.0 cm³/mol. The van der Waals surface area contributed by atoms with Crippen molar-refractivity contribution in [2.24, 2.45) is 5.92 Å². The van der Waals surface area contributed by atoms with Crippen molar-refractivity contribution < 1.29 is 9.59 Å². The number of nitrogens with zero attached hydrogens (tertiary/aromatic N) is 2. The summed E-state index contributed by atoms with van der Waals surface area (Å²) in [5.74, 6) is -0.409. The molecule has 2 N–H and O–H groups in total. The van der Waals surface area contributed by atoms with Crippen LogP contribution in [-0.4, -0.2) is 47.4 Å². The van der Waals surface area contributed by atoms with Crippen LogP contribution in [0.5, 0.6) is 0 Å². The van der Waals surface area contributed by atoms with Crippen molar-refractivity contribution in [3.05, 3.63) is 0 Å². The highest BCUT2D eigenvalue weighted by Crippen LogP contribution is 2.15. The van der Waals surface area contributed by atoms with Gasteiger partial charge in [0.25, 0.3) is 0 Å². The third kappa shape index (κ3) is 6.44. The standard InChI is InChI=1S/C16H30N4O2/c1-11(2)16(7,10-17)19-14(22)12(3)20(8)9-13(21)18-15(4,5)6/h11-12H,9H2,1-8H3,(H,18,21)(H,19,22)/t12-,16+/m1/s1. The van der Waals surface area contributed by atoms with Crippen molar-refractivity contribution in [2.75, 3.05) is 13.6 Å². The number of amides is 2. The lowest BCUT2D eigenvalue weighted by atomic mass is 9.90. The molecule has 0 spiro atoms. The fraction of sp³-hybridized carbons (Fsp3) is 0.812. The number of nitriles is 1. The van der Waals surface area contributed by atoms with Crippen molar-refractivity contribution in [3.8, 4) is 6.07 Å². The van der Waals surface area contributed by atoms with E-state index in [0.29, 0.717) is 0 Å². The first kappa shape index (κ1) is 20.4. The lowest BCUT2D eigenvalue weighted by Crippen LogP contribution is -2.56. The molecular weight excluding hydrogens is 280 g/mol. The highest BCUT2D eigenvalue weighted by Gasteiger charge is 2.32. The molecule has 6 nitrogen and oxygen atoms in total. The minimum Gasteiger partial charge on any atom is -0.350 e. The quantitative estimate of drug-likeness (QED) is 0.774. The second-order valence-electron chi connectivity index (χ2n) is 7.35. The molecule has 0 heterocycles. The van der Waals surface area contributed by atoms with Gasteiger partial charge in [-0.15, -0.1) is 0 Å². The Morgan fingerprint density at radius 1 is 1.14 bits per heavy atom. The van der Waals surface area contributed by atoms with Gasteiger partial charge >= 0.3 is 0 Å². The van der Waals surface area contributed by atoms with Crippen LogP contribution < -0.4 is 10.6 Å². The number of rotatable bonds is 6. The van der Waals surface area contributed by atoms with Gasteiger partial charge in [0.1, 0.15) is 5.54 Å². The van der Waals surface area contributed by atoms with Crippen LogP contribution in [0.3, 0.4) is 0 Å². The van der Waals surface area contributed by atoms with E-state index in [9.17, 15) is 14.9 Å². The third-order valence-corrected chi connectivity index (χ3v) is 3.72. The fourth-order valence-electron chi connectivity index (χ4n) is 1.68. The molecule has 0 aromatic carbocycles. The van der Waals surface area contributed by atoms with Gasteiger partial charge < -0.3 is 10.6 Å². The molecule has 0 bridgehead atoms. The van der Waals surface area contributed by atoms with Crippen LogP contribution >= 0.6 is 0 Å². The molecule has 0 saturated carbocycles. The molecule has 0 aliphatic heterocycles. The Kier molecular flexibility index (Phi) is 7.04. The normalized spacial score (nSPS) is 15.9. The molecule has 0 aromatic rings. The average Bonchev–Trinajstić information content (AvgIpc) is 2.34. The van der Waals surface area contributed by atoms with Crippen molar-refractivity contribution in [1.29, 1.82) is 5.26 Å². The minimum absolute atomic E-state index is 0.0110. The Bertz CT molecular complexity index is 448. The Morgan fingerprint density at radius 2 is 1.64 bits per heavy atom. The van der Waals surface area contributed by atoms with E-state index in [4.69, 9.17) is 0 Å². The predicted octanol–water partition coefficient (Wildman–Crippen LogP) is 1.28. The zero-order chi connectivity index (χ0) is 17.7. The lowest BCUT2D eigenvalue weighted by Gasteiger charge is -2.31. The van der Waals surface area contributed by atoms with Crippen LogP contribution in [0.4, 0.5) is 0 Å². The molecule has 0 aliphatic rings. The van der Waals surface area contributed by atoms with Gasteiger partial charge in [0.2, 0.25) is 11.8 Å². The maximum absolute atomic E-state index is 12.3. The lowest BCUT2D eigenvalue weighted by molar-refractivity contribution is -0.129. The number of likely N-dealkylation sites (N-methyl/N-ethyl adjacent to an activating group) is 1. The van der Waals surface area contributed by atoms with Crippen molar-refractivity contribution in [2.45, 2.75) is 65.6 Å². The number of hydrogen-bond acceptors (Lipinski definition) is 4. The van der Waals surface area contributed by atoms with Gasteiger partial charge in [0, 0.05) is 5.54 Å². The molecule has 2 atom stereocenters. The van der Waals surface area contributed by atoms with Gasteiger partial charge in [-0.25, -0.2) is 0 Å². The fourth-order valence-corrected chi connectivity index (χ4v) is 1.68. The summed E-state index contributed by atoms with van der Waals surface area (Å²) < 4.78 is 0. The van der Waals surface area contributed by atoms with Crippen LogP contribution in [0.2, 0.25) is 0 Å². The molecule has 0 radical (unpaired) electrons.